The van der Waals surface area contributed by atoms with Gasteiger partial charge in [-0.1, -0.05) is 168 Å². The Morgan fingerprint density at radius 1 is 0.436 bits per heavy atom. The SMILES string of the molecule is CCCCCCCCCCCCCCc1n(CCCCCCCCCCC)cc[n+]1CCCCCCCCC. The maximum absolute atomic E-state index is 2.63. The van der Waals surface area contributed by atoms with E-state index in [-0.39, 0.29) is 0 Å². The van der Waals surface area contributed by atoms with Crippen molar-refractivity contribution in [3.63, 3.8) is 0 Å². The van der Waals surface area contributed by atoms with Gasteiger partial charge in [-0.25, -0.2) is 9.13 Å². The van der Waals surface area contributed by atoms with Gasteiger partial charge in [0, 0.05) is 6.42 Å². The lowest BCUT2D eigenvalue weighted by Gasteiger charge is -2.07. The first-order chi connectivity index (χ1) is 19.3. The van der Waals surface area contributed by atoms with Crippen LogP contribution in [0.15, 0.2) is 12.4 Å². The molecule has 2 nitrogen and oxygen atoms in total. The summed E-state index contributed by atoms with van der Waals surface area (Å²) >= 11 is 0. The van der Waals surface area contributed by atoms with Crippen molar-refractivity contribution in [2.24, 2.45) is 0 Å². The van der Waals surface area contributed by atoms with Crippen LogP contribution in [0.25, 0.3) is 0 Å². The van der Waals surface area contributed by atoms with Crippen LogP contribution in [0.5, 0.6) is 0 Å². The van der Waals surface area contributed by atoms with Crippen LogP contribution in [0, 0.1) is 0 Å². The average molecular weight is 546 g/mol. The third-order valence-corrected chi connectivity index (χ3v) is 8.85. The predicted octanol–water partition coefficient (Wildman–Crippen LogP) is 12.3. The lowest BCUT2D eigenvalue weighted by atomic mass is 10.0. The van der Waals surface area contributed by atoms with Crippen LogP contribution in [-0.4, -0.2) is 4.57 Å². The van der Waals surface area contributed by atoms with Crippen LogP contribution in [0.3, 0.4) is 0 Å². The summed E-state index contributed by atoms with van der Waals surface area (Å²) in [5.41, 5.74) is 0. The van der Waals surface area contributed by atoms with Gasteiger partial charge in [0.15, 0.2) is 0 Å². The first-order valence-electron chi connectivity index (χ1n) is 18.4. The molecule has 1 aromatic rings. The van der Waals surface area contributed by atoms with E-state index < -0.39 is 0 Å². The summed E-state index contributed by atoms with van der Waals surface area (Å²) in [7, 11) is 0. The van der Waals surface area contributed by atoms with Gasteiger partial charge in [-0.05, 0) is 32.1 Å². The number of imidazole rings is 1. The second kappa shape index (κ2) is 28.7. The number of hydrogen-bond donors (Lipinski definition) is 0. The Bertz CT molecular complexity index is 605. The molecule has 0 amide bonds. The van der Waals surface area contributed by atoms with Gasteiger partial charge < -0.3 is 0 Å². The summed E-state index contributed by atoms with van der Waals surface area (Å²) in [4.78, 5) is 0. The van der Waals surface area contributed by atoms with Crippen molar-refractivity contribution < 1.29 is 4.57 Å². The standard InChI is InChI=1S/C37H73N2/c1-4-7-10-13-16-18-19-20-21-23-26-29-32-37-38(33-30-27-24-15-12-9-6-3)35-36-39(37)34-31-28-25-22-17-14-11-8-5-2/h35-36H,4-34H2,1-3H3/q+1. The second-order valence-electron chi connectivity index (χ2n) is 12.7. The second-order valence-corrected chi connectivity index (χ2v) is 12.7. The summed E-state index contributed by atoms with van der Waals surface area (Å²) < 4.78 is 5.25. The number of aromatic nitrogens is 2. The largest absolute Gasteiger partial charge is 0.256 e. The molecule has 0 bridgehead atoms. The lowest BCUT2D eigenvalue weighted by Crippen LogP contribution is -2.37. The van der Waals surface area contributed by atoms with Gasteiger partial charge in [-0.15, -0.1) is 0 Å². The molecule has 0 saturated carbocycles. The Hall–Kier alpha value is -0.790. The van der Waals surface area contributed by atoms with Gasteiger partial charge >= 0.3 is 0 Å². The Labute approximate surface area is 247 Å². The third kappa shape index (κ3) is 21.6. The van der Waals surface area contributed by atoms with Crippen LogP contribution in [0.4, 0.5) is 0 Å². The fourth-order valence-electron chi connectivity index (χ4n) is 6.15. The van der Waals surface area contributed by atoms with Gasteiger partial charge in [-0.2, -0.15) is 0 Å². The molecule has 0 aliphatic carbocycles. The molecule has 2 heteroatoms. The van der Waals surface area contributed by atoms with Crippen LogP contribution in [0.1, 0.15) is 206 Å². The Morgan fingerprint density at radius 2 is 0.795 bits per heavy atom. The fraction of sp³-hybridized carbons (Fsp3) is 0.919. The molecule has 1 heterocycles. The molecule has 0 N–H and O–H groups in total. The third-order valence-electron chi connectivity index (χ3n) is 8.85. The highest BCUT2D eigenvalue weighted by atomic mass is 15.1. The number of aryl methyl sites for hydroxylation is 2. The zero-order valence-corrected chi connectivity index (χ0v) is 27.5. The molecule has 230 valence electrons. The molecule has 0 aromatic carbocycles. The van der Waals surface area contributed by atoms with Crippen LogP contribution >= 0.6 is 0 Å². The molecule has 1 rings (SSSR count). The quantitative estimate of drug-likeness (QED) is 0.0648. The molecule has 0 aliphatic heterocycles. The van der Waals surface area contributed by atoms with Crippen LogP contribution in [0.2, 0.25) is 0 Å². The molecule has 39 heavy (non-hydrogen) atoms. The Kier molecular flexibility index (Phi) is 26.7. The molecule has 0 radical (unpaired) electrons. The number of nitrogens with zero attached hydrogens (tertiary/aromatic N) is 2. The smallest absolute Gasteiger partial charge is 0.234 e. The predicted molar refractivity (Wildman–Crippen MR) is 175 cm³/mol. The topological polar surface area (TPSA) is 8.81 Å². The van der Waals surface area contributed by atoms with Crippen molar-refractivity contribution in [1.29, 1.82) is 0 Å². The van der Waals surface area contributed by atoms with Gasteiger partial charge in [0.2, 0.25) is 0 Å². The zero-order valence-electron chi connectivity index (χ0n) is 27.5. The van der Waals surface area contributed by atoms with Gasteiger partial charge in [-0.3, -0.25) is 0 Å². The Balaban J connectivity index is 2.31. The molecular weight excluding hydrogens is 472 g/mol. The molecular formula is C37H73N2+. The van der Waals surface area contributed by atoms with Crippen molar-refractivity contribution >= 4 is 0 Å². The minimum atomic E-state index is 1.23. The monoisotopic (exact) mass is 546 g/mol. The molecule has 0 fully saturated rings. The highest BCUT2D eigenvalue weighted by Gasteiger charge is 2.16. The molecule has 0 saturated heterocycles. The molecule has 0 spiro atoms. The van der Waals surface area contributed by atoms with Gasteiger partial charge in [0.05, 0.1) is 13.1 Å². The number of hydrogen-bond acceptors (Lipinski definition) is 0. The summed E-state index contributed by atoms with van der Waals surface area (Å²) in [6, 6.07) is 0. The van der Waals surface area contributed by atoms with E-state index in [0.29, 0.717) is 0 Å². The average Bonchev–Trinajstić information content (AvgIpc) is 3.33. The van der Waals surface area contributed by atoms with Crippen molar-refractivity contribution in [1.82, 2.24) is 4.57 Å². The molecule has 0 atom stereocenters. The fourth-order valence-corrected chi connectivity index (χ4v) is 6.15. The molecule has 0 aliphatic rings. The van der Waals surface area contributed by atoms with E-state index in [1.807, 2.05) is 0 Å². The Morgan fingerprint density at radius 3 is 1.23 bits per heavy atom. The van der Waals surface area contributed by atoms with Crippen molar-refractivity contribution in [3.8, 4) is 0 Å². The van der Waals surface area contributed by atoms with E-state index in [2.05, 4.69) is 42.3 Å². The first-order valence-corrected chi connectivity index (χ1v) is 18.4. The maximum Gasteiger partial charge on any atom is 0.256 e. The van der Waals surface area contributed by atoms with E-state index in [9.17, 15) is 0 Å². The summed E-state index contributed by atoms with van der Waals surface area (Å²) in [6.07, 6.45) is 45.9. The van der Waals surface area contributed by atoms with Gasteiger partial charge in [0.25, 0.3) is 5.82 Å². The highest BCUT2D eigenvalue weighted by molar-refractivity contribution is 4.84. The van der Waals surface area contributed by atoms with Crippen LogP contribution < -0.4 is 4.57 Å². The van der Waals surface area contributed by atoms with Crippen molar-refractivity contribution in [3.05, 3.63) is 18.2 Å². The summed E-state index contributed by atoms with van der Waals surface area (Å²) in [5.74, 6) is 1.62. The number of rotatable bonds is 31. The van der Waals surface area contributed by atoms with E-state index in [0.717, 1.165) is 0 Å². The van der Waals surface area contributed by atoms with E-state index >= 15 is 0 Å². The first kappa shape index (κ1) is 36.2. The zero-order chi connectivity index (χ0) is 28.1. The van der Waals surface area contributed by atoms with Crippen molar-refractivity contribution in [2.45, 2.75) is 220 Å². The van der Waals surface area contributed by atoms with E-state index in [1.54, 1.807) is 5.82 Å². The van der Waals surface area contributed by atoms with Crippen LogP contribution in [-0.2, 0) is 19.5 Å². The van der Waals surface area contributed by atoms with E-state index in [1.165, 1.54) is 199 Å². The number of unbranched alkanes of at least 4 members (excludes halogenated alkanes) is 25. The minimum Gasteiger partial charge on any atom is -0.234 e. The maximum atomic E-state index is 2.63. The minimum absolute atomic E-state index is 1.23. The van der Waals surface area contributed by atoms with Gasteiger partial charge in [0.1, 0.15) is 12.4 Å². The van der Waals surface area contributed by atoms with E-state index in [4.69, 9.17) is 0 Å². The molecule has 1 aromatic heterocycles. The molecule has 0 unspecified atom stereocenters. The summed E-state index contributed by atoms with van der Waals surface area (Å²) in [5, 5.41) is 0. The highest BCUT2D eigenvalue weighted by Crippen LogP contribution is 2.15. The van der Waals surface area contributed by atoms with Crippen molar-refractivity contribution in [2.75, 3.05) is 0 Å². The lowest BCUT2D eigenvalue weighted by molar-refractivity contribution is -0.704. The normalized spacial score (nSPS) is 11.6. The summed E-state index contributed by atoms with van der Waals surface area (Å²) in [6.45, 7) is 9.39.